The second-order valence-electron chi connectivity index (χ2n) is 3.94. The third-order valence-electron chi connectivity index (χ3n) is 2.36. The van der Waals surface area contributed by atoms with E-state index in [4.69, 9.17) is 4.74 Å². The molecule has 2 aromatic rings. The van der Waals surface area contributed by atoms with E-state index in [0.29, 0.717) is 10.9 Å². The van der Waals surface area contributed by atoms with Crippen LogP contribution >= 0.6 is 0 Å². The van der Waals surface area contributed by atoms with Gasteiger partial charge in [0, 0.05) is 0 Å². The third kappa shape index (κ3) is 3.24. The molecular weight excluding hydrogens is 261 g/mol. The number of nitrogens with zero attached hydrogens (tertiary/aromatic N) is 2. The van der Waals surface area contributed by atoms with Crippen LogP contribution in [0.1, 0.15) is 5.56 Å². The maximum atomic E-state index is 12.1. The number of hydrogen-bond acceptors (Lipinski definition) is 4. The number of methoxy groups -OCH3 is 1. The minimum atomic E-state index is -4.43. The van der Waals surface area contributed by atoms with Gasteiger partial charge in [0.1, 0.15) is 0 Å². The number of aromatic nitrogens is 2. The maximum Gasteiger partial charge on any atom is 0.422 e. The SMILES string of the molecule is COc1nc(OCC(F)(F)F)nc2cc(C)ccc12. The first-order chi connectivity index (χ1) is 8.89. The summed E-state index contributed by atoms with van der Waals surface area (Å²) in [7, 11) is 1.38. The summed E-state index contributed by atoms with van der Waals surface area (Å²) in [5.41, 5.74) is 1.40. The molecule has 0 spiro atoms. The van der Waals surface area contributed by atoms with Crippen molar-refractivity contribution < 1.29 is 22.6 Å². The zero-order valence-corrected chi connectivity index (χ0v) is 10.3. The Morgan fingerprint density at radius 2 is 1.95 bits per heavy atom. The molecule has 2 rings (SSSR count). The van der Waals surface area contributed by atoms with Crippen LogP contribution in [0.5, 0.6) is 11.9 Å². The third-order valence-corrected chi connectivity index (χ3v) is 2.36. The fourth-order valence-electron chi connectivity index (χ4n) is 1.56. The lowest BCUT2D eigenvalue weighted by Crippen LogP contribution is -2.20. The van der Waals surface area contributed by atoms with Gasteiger partial charge in [0.2, 0.25) is 5.88 Å². The van der Waals surface area contributed by atoms with E-state index in [-0.39, 0.29) is 11.9 Å². The molecule has 102 valence electrons. The number of halogens is 3. The van der Waals surface area contributed by atoms with Crippen LogP contribution in [-0.4, -0.2) is 29.9 Å². The fourth-order valence-corrected chi connectivity index (χ4v) is 1.56. The number of rotatable bonds is 3. The summed E-state index contributed by atoms with van der Waals surface area (Å²) in [6.07, 6.45) is -4.43. The number of benzene rings is 1. The van der Waals surface area contributed by atoms with Crippen LogP contribution in [0.25, 0.3) is 10.9 Å². The molecule has 1 aromatic carbocycles. The molecule has 0 aliphatic carbocycles. The molecule has 0 aliphatic rings. The number of alkyl halides is 3. The zero-order chi connectivity index (χ0) is 14.0. The Bertz CT molecular complexity index is 599. The number of ether oxygens (including phenoxy) is 2. The fraction of sp³-hybridized carbons (Fsp3) is 0.333. The molecule has 0 fully saturated rings. The Kier molecular flexibility index (Phi) is 3.46. The van der Waals surface area contributed by atoms with Gasteiger partial charge in [0.05, 0.1) is 18.0 Å². The first kappa shape index (κ1) is 13.4. The zero-order valence-electron chi connectivity index (χ0n) is 10.3. The Morgan fingerprint density at radius 3 is 2.58 bits per heavy atom. The van der Waals surface area contributed by atoms with E-state index in [2.05, 4.69) is 14.7 Å². The van der Waals surface area contributed by atoms with Crippen LogP contribution in [0, 0.1) is 6.92 Å². The van der Waals surface area contributed by atoms with Crippen molar-refractivity contribution in [2.75, 3.05) is 13.7 Å². The van der Waals surface area contributed by atoms with E-state index < -0.39 is 12.8 Å². The van der Waals surface area contributed by atoms with Gasteiger partial charge in [-0.15, -0.1) is 0 Å². The average molecular weight is 272 g/mol. The van der Waals surface area contributed by atoms with Gasteiger partial charge in [0.25, 0.3) is 0 Å². The molecule has 0 saturated carbocycles. The molecular formula is C12H11F3N2O2. The van der Waals surface area contributed by atoms with Gasteiger partial charge >= 0.3 is 12.2 Å². The van der Waals surface area contributed by atoms with E-state index in [0.717, 1.165) is 5.56 Å². The highest BCUT2D eigenvalue weighted by Crippen LogP contribution is 2.26. The highest BCUT2D eigenvalue weighted by Gasteiger charge is 2.29. The molecule has 0 bridgehead atoms. The first-order valence-electron chi connectivity index (χ1n) is 5.41. The summed E-state index contributed by atoms with van der Waals surface area (Å²) in [5, 5.41) is 0.618. The van der Waals surface area contributed by atoms with E-state index in [9.17, 15) is 13.2 Å². The van der Waals surface area contributed by atoms with Crippen molar-refractivity contribution in [3.8, 4) is 11.9 Å². The first-order valence-corrected chi connectivity index (χ1v) is 5.41. The standard InChI is InChI=1S/C12H11F3N2O2/c1-7-3-4-8-9(5-7)16-11(17-10(8)18-2)19-6-12(13,14)15/h3-5H,6H2,1-2H3. The van der Waals surface area contributed by atoms with Crippen molar-refractivity contribution in [3.05, 3.63) is 23.8 Å². The molecule has 0 amide bonds. The monoisotopic (exact) mass is 272 g/mol. The maximum absolute atomic E-state index is 12.1. The molecule has 0 unspecified atom stereocenters. The number of aryl methyl sites for hydroxylation is 1. The van der Waals surface area contributed by atoms with Crippen molar-refractivity contribution in [1.29, 1.82) is 0 Å². The summed E-state index contributed by atoms with van der Waals surface area (Å²) < 4.78 is 45.8. The van der Waals surface area contributed by atoms with Crippen molar-refractivity contribution >= 4 is 10.9 Å². The lowest BCUT2D eigenvalue weighted by molar-refractivity contribution is -0.154. The van der Waals surface area contributed by atoms with Crippen molar-refractivity contribution in [3.63, 3.8) is 0 Å². The Morgan fingerprint density at radius 1 is 1.21 bits per heavy atom. The molecule has 4 nitrogen and oxygen atoms in total. The topological polar surface area (TPSA) is 44.2 Å². The van der Waals surface area contributed by atoms with Gasteiger partial charge in [-0.05, 0) is 24.6 Å². The highest BCUT2D eigenvalue weighted by molar-refractivity contribution is 5.84. The summed E-state index contributed by atoms with van der Waals surface area (Å²) in [5.74, 6) is 0.183. The van der Waals surface area contributed by atoms with Gasteiger partial charge in [-0.3, -0.25) is 0 Å². The van der Waals surface area contributed by atoms with Crippen LogP contribution in [0.4, 0.5) is 13.2 Å². The molecule has 0 radical (unpaired) electrons. The molecule has 1 heterocycles. The van der Waals surface area contributed by atoms with E-state index in [1.165, 1.54) is 7.11 Å². The normalized spacial score (nSPS) is 11.6. The van der Waals surface area contributed by atoms with E-state index in [1.807, 2.05) is 13.0 Å². The van der Waals surface area contributed by atoms with E-state index in [1.54, 1.807) is 12.1 Å². The average Bonchev–Trinajstić information content (AvgIpc) is 2.34. The largest absolute Gasteiger partial charge is 0.480 e. The smallest absolute Gasteiger partial charge is 0.422 e. The van der Waals surface area contributed by atoms with Crippen LogP contribution < -0.4 is 9.47 Å². The second kappa shape index (κ2) is 4.91. The summed E-state index contributed by atoms with van der Waals surface area (Å²) in [6, 6.07) is 4.95. The van der Waals surface area contributed by atoms with Crippen LogP contribution in [-0.2, 0) is 0 Å². The van der Waals surface area contributed by atoms with Crippen LogP contribution in [0.3, 0.4) is 0 Å². The molecule has 0 aliphatic heterocycles. The summed E-state index contributed by atoms with van der Waals surface area (Å²) >= 11 is 0. The van der Waals surface area contributed by atoms with Gasteiger partial charge in [-0.25, -0.2) is 0 Å². The molecule has 0 atom stereocenters. The van der Waals surface area contributed by atoms with Crippen LogP contribution in [0.15, 0.2) is 18.2 Å². The van der Waals surface area contributed by atoms with Crippen LogP contribution in [0.2, 0.25) is 0 Å². The lowest BCUT2D eigenvalue weighted by Gasteiger charge is -2.10. The predicted octanol–water partition coefficient (Wildman–Crippen LogP) is 2.89. The Balaban J connectivity index is 2.40. The molecule has 19 heavy (non-hydrogen) atoms. The Hall–Kier alpha value is -2.05. The van der Waals surface area contributed by atoms with Gasteiger partial charge in [-0.2, -0.15) is 23.1 Å². The minimum Gasteiger partial charge on any atom is -0.480 e. The summed E-state index contributed by atoms with van der Waals surface area (Å²) in [4.78, 5) is 7.73. The highest BCUT2D eigenvalue weighted by atomic mass is 19.4. The quantitative estimate of drug-likeness (QED) is 0.861. The van der Waals surface area contributed by atoms with E-state index >= 15 is 0 Å². The second-order valence-corrected chi connectivity index (χ2v) is 3.94. The molecule has 0 N–H and O–H groups in total. The van der Waals surface area contributed by atoms with Crippen molar-refractivity contribution in [1.82, 2.24) is 9.97 Å². The van der Waals surface area contributed by atoms with Gasteiger partial charge < -0.3 is 9.47 Å². The number of fused-ring (bicyclic) bond motifs is 1. The summed E-state index contributed by atoms with van der Waals surface area (Å²) in [6.45, 7) is 0.414. The van der Waals surface area contributed by atoms with Gasteiger partial charge in [0.15, 0.2) is 6.61 Å². The van der Waals surface area contributed by atoms with Gasteiger partial charge in [-0.1, -0.05) is 6.07 Å². The van der Waals surface area contributed by atoms with Crippen molar-refractivity contribution in [2.24, 2.45) is 0 Å². The molecule has 1 aromatic heterocycles. The molecule has 0 saturated heterocycles. The number of hydrogen-bond donors (Lipinski definition) is 0. The lowest BCUT2D eigenvalue weighted by atomic mass is 10.2. The Labute approximate surface area is 107 Å². The molecule has 7 heteroatoms. The predicted molar refractivity (Wildman–Crippen MR) is 62.4 cm³/mol. The van der Waals surface area contributed by atoms with Crippen molar-refractivity contribution in [2.45, 2.75) is 13.1 Å². The minimum absolute atomic E-state index is 0.183.